The van der Waals surface area contributed by atoms with E-state index in [0.717, 1.165) is 39.8 Å². The van der Waals surface area contributed by atoms with Crippen LogP contribution < -0.4 is 10.2 Å². The molecule has 32 heavy (non-hydrogen) atoms. The Bertz CT molecular complexity index is 1250. The van der Waals surface area contributed by atoms with Gasteiger partial charge in [0.25, 0.3) is 0 Å². The maximum Gasteiger partial charge on any atom is 0.130 e. The fourth-order valence-corrected chi connectivity index (χ4v) is 3.48. The summed E-state index contributed by atoms with van der Waals surface area (Å²) in [7, 11) is 1.97. The van der Waals surface area contributed by atoms with E-state index in [1.807, 2.05) is 72.3 Å². The van der Waals surface area contributed by atoms with E-state index in [9.17, 15) is 0 Å². The van der Waals surface area contributed by atoms with Gasteiger partial charge in [0.1, 0.15) is 5.82 Å². The average Bonchev–Trinajstić information content (AvgIpc) is 3.20. The summed E-state index contributed by atoms with van der Waals surface area (Å²) >= 11 is 0. The maximum absolute atomic E-state index is 4.71. The summed E-state index contributed by atoms with van der Waals surface area (Å²) in [6, 6.07) is 22.6. The van der Waals surface area contributed by atoms with Crippen LogP contribution in [0.5, 0.6) is 0 Å². The van der Waals surface area contributed by atoms with Gasteiger partial charge in [0.05, 0.1) is 17.1 Å². The van der Waals surface area contributed by atoms with Crippen LogP contribution in [0.2, 0.25) is 0 Å². The van der Waals surface area contributed by atoms with Crippen molar-refractivity contribution < 1.29 is 0 Å². The molecule has 0 amide bonds. The Kier molecular flexibility index (Phi) is 6.12. The molecule has 0 atom stereocenters. The molecule has 0 spiro atoms. The lowest BCUT2D eigenvalue weighted by molar-refractivity contribution is 0.868. The van der Waals surface area contributed by atoms with Gasteiger partial charge in [-0.1, -0.05) is 12.1 Å². The van der Waals surface area contributed by atoms with Crippen LogP contribution in [0.3, 0.4) is 0 Å². The zero-order valence-corrected chi connectivity index (χ0v) is 18.5. The van der Waals surface area contributed by atoms with Crippen molar-refractivity contribution in [2.24, 2.45) is 4.99 Å². The Hall–Kier alpha value is -4.19. The van der Waals surface area contributed by atoms with Crippen molar-refractivity contribution in [2.45, 2.75) is 13.8 Å². The monoisotopic (exact) mass is 422 g/mol. The number of hydrogen-bond acceptors (Lipinski definition) is 5. The third kappa shape index (κ3) is 4.75. The molecule has 0 bridgehead atoms. The largest absolute Gasteiger partial charge is 0.350 e. The molecule has 0 saturated carbocycles. The predicted octanol–water partition coefficient (Wildman–Crippen LogP) is 5.90. The molecule has 2 heterocycles. The first kappa shape index (κ1) is 21.1. The van der Waals surface area contributed by atoms with E-state index in [-0.39, 0.29) is 0 Å². The van der Waals surface area contributed by atoms with Crippen LogP contribution >= 0.6 is 0 Å². The fourth-order valence-electron chi connectivity index (χ4n) is 3.48. The van der Waals surface area contributed by atoms with Crippen LogP contribution in [0, 0.1) is 13.8 Å². The lowest BCUT2D eigenvalue weighted by Gasteiger charge is -2.14. The molecule has 0 aliphatic rings. The Balaban J connectivity index is 1.59. The molecule has 0 fully saturated rings. The van der Waals surface area contributed by atoms with Crippen LogP contribution in [0.25, 0.3) is 16.9 Å². The Morgan fingerprint density at radius 1 is 1.03 bits per heavy atom. The minimum Gasteiger partial charge on any atom is -0.350 e. The molecule has 6 nitrogen and oxygen atoms in total. The Labute approximate surface area is 188 Å². The van der Waals surface area contributed by atoms with Gasteiger partial charge in [-0.2, -0.15) is 5.10 Å². The fraction of sp³-hybridized carbons (Fsp3) is 0.115. The van der Waals surface area contributed by atoms with Crippen LogP contribution in [-0.4, -0.2) is 28.5 Å². The summed E-state index contributed by atoms with van der Waals surface area (Å²) in [6.45, 7) is 7.55. The number of anilines is 3. The third-order valence-electron chi connectivity index (χ3n) is 5.08. The molecular weight excluding hydrogens is 396 g/mol. The highest BCUT2D eigenvalue weighted by Crippen LogP contribution is 2.27. The first-order valence-corrected chi connectivity index (χ1v) is 10.4. The number of aryl methyl sites for hydroxylation is 2. The van der Waals surface area contributed by atoms with Gasteiger partial charge in [0.2, 0.25) is 0 Å². The summed E-state index contributed by atoms with van der Waals surface area (Å²) in [5.41, 5.74) is 7.29. The molecule has 160 valence electrons. The zero-order chi connectivity index (χ0) is 22.5. The van der Waals surface area contributed by atoms with E-state index >= 15 is 0 Å². The number of hydrogen-bond donors (Lipinski definition) is 1. The molecule has 1 N–H and O–H groups in total. The van der Waals surface area contributed by atoms with Crippen LogP contribution in [0.15, 0.2) is 90.3 Å². The molecule has 0 saturated heterocycles. The molecule has 4 rings (SSSR count). The van der Waals surface area contributed by atoms with Crippen molar-refractivity contribution in [1.82, 2.24) is 14.8 Å². The SMILES string of the molecule is C=N/C=C\N(C)c1ccc(Nc2cc(-c3cc(C)nn3-c3cccc(C)c3)ccn2)cc1. The first-order chi connectivity index (χ1) is 15.5. The molecule has 0 radical (unpaired) electrons. The number of pyridine rings is 1. The lowest BCUT2D eigenvalue weighted by Crippen LogP contribution is -2.07. The Morgan fingerprint density at radius 2 is 1.84 bits per heavy atom. The molecular formula is C26H26N6. The minimum absolute atomic E-state index is 0.772. The number of aromatic nitrogens is 3. The second-order valence-electron chi connectivity index (χ2n) is 7.62. The van der Waals surface area contributed by atoms with Gasteiger partial charge < -0.3 is 10.2 Å². The van der Waals surface area contributed by atoms with Gasteiger partial charge in [-0.15, -0.1) is 0 Å². The van der Waals surface area contributed by atoms with Crippen molar-refractivity contribution >= 4 is 23.9 Å². The molecule has 4 aromatic rings. The molecule has 0 aliphatic carbocycles. The number of rotatable bonds is 7. The highest BCUT2D eigenvalue weighted by molar-refractivity contribution is 5.69. The standard InChI is InChI=1S/C26H26N6/c1-19-6-5-7-24(16-19)32-25(17-20(2)30-32)21-12-13-28-26(18-21)29-22-8-10-23(11-9-22)31(4)15-14-27-3/h5-18H,3H2,1-2,4H3,(H,28,29)/b15-14-. The molecule has 0 aliphatic heterocycles. The molecule has 2 aromatic carbocycles. The second kappa shape index (κ2) is 9.31. The average molecular weight is 423 g/mol. The van der Waals surface area contributed by atoms with Gasteiger partial charge in [-0.25, -0.2) is 9.67 Å². The summed E-state index contributed by atoms with van der Waals surface area (Å²) in [5, 5.41) is 8.11. The van der Waals surface area contributed by atoms with E-state index in [0.29, 0.717) is 0 Å². The van der Waals surface area contributed by atoms with Crippen LogP contribution in [0.4, 0.5) is 17.2 Å². The van der Waals surface area contributed by atoms with E-state index in [2.05, 4.69) is 59.3 Å². The van der Waals surface area contributed by atoms with Crippen molar-refractivity contribution in [3.8, 4) is 16.9 Å². The molecule has 2 aromatic heterocycles. The van der Waals surface area contributed by atoms with Crippen molar-refractivity contribution in [3.63, 3.8) is 0 Å². The molecule has 6 heteroatoms. The quantitative estimate of drug-likeness (QED) is 0.377. The normalized spacial score (nSPS) is 11.0. The summed E-state index contributed by atoms with van der Waals surface area (Å²) in [4.78, 5) is 10.2. The number of benzene rings is 2. The highest BCUT2D eigenvalue weighted by Gasteiger charge is 2.11. The van der Waals surface area contributed by atoms with Gasteiger partial charge in [-0.3, -0.25) is 4.99 Å². The first-order valence-electron chi connectivity index (χ1n) is 10.4. The predicted molar refractivity (Wildman–Crippen MR) is 133 cm³/mol. The van der Waals surface area contributed by atoms with Gasteiger partial charge in [0.15, 0.2) is 0 Å². The van der Waals surface area contributed by atoms with Crippen LogP contribution in [0.1, 0.15) is 11.3 Å². The van der Waals surface area contributed by atoms with E-state index in [1.165, 1.54) is 5.56 Å². The van der Waals surface area contributed by atoms with E-state index in [1.54, 1.807) is 6.20 Å². The van der Waals surface area contributed by atoms with Crippen LogP contribution in [-0.2, 0) is 0 Å². The van der Waals surface area contributed by atoms with Crippen molar-refractivity contribution in [2.75, 3.05) is 17.3 Å². The summed E-state index contributed by atoms with van der Waals surface area (Å²) in [6.07, 6.45) is 5.33. The second-order valence-corrected chi connectivity index (χ2v) is 7.62. The van der Waals surface area contributed by atoms with Gasteiger partial charge >= 0.3 is 0 Å². The third-order valence-corrected chi connectivity index (χ3v) is 5.08. The smallest absolute Gasteiger partial charge is 0.130 e. The lowest BCUT2D eigenvalue weighted by atomic mass is 10.1. The highest BCUT2D eigenvalue weighted by atomic mass is 15.3. The number of aliphatic imine (C=N–C) groups is 1. The number of nitrogens with zero attached hydrogens (tertiary/aromatic N) is 5. The summed E-state index contributed by atoms with van der Waals surface area (Å²) < 4.78 is 1.98. The Morgan fingerprint density at radius 3 is 2.59 bits per heavy atom. The summed E-state index contributed by atoms with van der Waals surface area (Å²) in [5.74, 6) is 0.772. The maximum atomic E-state index is 4.71. The zero-order valence-electron chi connectivity index (χ0n) is 18.5. The topological polar surface area (TPSA) is 58.3 Å². The minimum atomic E-state index is 0.772. The van der Waals surface area contributed by atoms with Gasteiger partial charge in [0, 0.05) is 42.6 Å². The molecule has 0 unspecified atom stereocenters. The van der Waals surface area contributed by atoms with Crippen molar-refractivity contribution in [1.29, 1.82) is 0 Å². The van der Waals surface area contributed by atoms with Crippen molar-refractivity contribution in [3.05, 3.63) is 96.6 Å². The van der Waals surface area contributed by atoms with E-state index in [4.69, 9.17) is 5.10 Å². The van der Waals surface area contributed by atoms with Gasteiger partial charge in [-0.05, 0) is 80.7 Å². The number of nitrogens with one attached hydrogen (secondary N) is 1. The van der Waals surface area contributed by atoms with E-state index < -0.39 is 0 Å².